The number of carbonyl (C=O) groups is 1. The van der Waals surface area contributed by atoms with Crippen molar-refractivity contribution in [2.45, 2.75) is 44.2 Å². The van der Waals surface area contributed by atoms with Gasteiger partial charge in [-0.3, -0.25) is 9.69 Å². The number of piperidine rings is 1. The molecule has 0 radical (unpaired) electrons. The lowest BCUT2D eigenvalue weighted by molar-refractivity contribution is -0.136. The van der Waals surface area contributed by atoms with Crippen LogP contribution in [-0.4, -0.2) is 73.7 Å². The van der Waals surface area contributed by atoms with Crippen LogP contribution in [0.5, 0.6) is 0 Å². The van der Waals surface area contributed by atoms with Crippen molar-refractivity contribution >= 4 is 30.7 Å². The summed E-state index contributed by atoms with van der Waals surface area (Å²) in [5, 5.41) is 3.29. The Balaban J connectivity index is 0.00000121. The van der Waals surface area contributed by atoms with Crippen molar-refractivity contribution < 1.29 is 9.53 Å². The van der Waals surface area contributed by atoms with Gasteiger partial charge in [-0.15, -0.1) is 24.8 Å². The lowest BCUT2D eigenvalue weighted by atomic mass is 10.0. The highest BCUT2D eigenvalue weighted by atomic mass is 35.5. The number of rotatable bonds is 3. The van der Waals surface area contributed by atoms with Crippen molar-refractivity contribution in [2.75, 3.05) is 45.9 Å². The number of hydrogen-bond donors (Lipinski definition) is 1. The van der Waals surface area contributed by atoms with E-state index in [0.29, 0.717) is 12.5 Å². The Bertz CT molecular complexity index is 335. The topological polar surface area (TPSA) is 44.8 Å². The quantitative estimate of drug-likeness (QED) is 0.830. The molecule has 3 saturated heterocycles. The number of ether oxygens (including phenoxy) is 1. The SMILES string of the molecule is Cl.Cl.O=C(CC1CNCCO1)N1CCCC(N2CCCC2)C1. The van der Waals surface area contributed by atoms with Gasteiger partial charge in [0.05, 0.1) is 19.1 Å². The van der Waals surface area contributed by atoms with Crippen molar-refractivity contribution in [1.29, 1.82) is 0 Å². The minimum Gasteiger partial charge on any atom is -0.375 e. The van der Waals surface area contributed by atoms with E-state index in [9.17, 15) is 4.79 Å². The van der Waals surface area contributed by atoms with Crippen LogP contribution in [0.3, 0.4) is 0 Å². The zero-order valence-electron chi connectivity index (χ0n) is 13.2. The predicted molar refractivity (Wildman–Crippen MR) is 92.1 cm³/mol. The minimum absolute atomic E-state index is 0. The first-order chi connectivity index (χ1) is 9.83. The average Bonchev–Trinajstić information content (AvgIpc) is 3.03. The number of morpholine rings is 1. The summed E-state index contributed by atoms with van der Waals surface area (Å²) in [6, 6.07) is 0.598. The van der Waals surface area contributed by atoms with Crippen molar-refractivity contribution in [3.63, 3.8) is 0 Å². The molecule has 0 aromatic carbocycles. The highest BCUT2D eigenvalue weighted by molar-refractivity contribution is 5.85. The molecule has 3 rings (SSSR count). The van der Waals surface area contributed by atoms with E-state index in [1.54, 1.807) is 0 Å². The van der Waals surface area contributed by atoms with Gasteiger partial charge in [0.2, 0.25) is 5.91 Å². The van der Waals surface area contributed by atoms with E-state index in [4.69, 9.17) is 4.74 Å². The predicted octanol–water partition coefficient (Wildman–Crippen LogP) is 1.30. The molecule has 3 aliphatic rings. The Morgan fingerprint density at radius 2 is 1.91 bits per heavy atom. The van der Waals surface area contributed by atoms with E-state index in [0.717, 1.165) is 39.2 Å². The Hall–Kier alpha value is -0.0700. The fraction of sp³-hybridized carbons (Fsp3) is 0.933. The summed E-state index contributed by atoms with van der Waals surface area (Å²) in [5.41, 5.74) is 0. The van der Waals surface area contributed by atoms with Crippen LogP contribution in [-0.2, 0) is 9.53 Å². The summed E-state index contributed by atoms with van der Waals surface area (Å²) >= 11 is 0. The van der Waals surface area contributed by atoms with Gasteiger partial charge in [-0.05, 0) is 38.8 Å². The van der Waals surface area contributed by atoms with Crippen LogP contribution in [0.4, 0.5) is 0 Å². The van der Waals surface area contributed by atoms with Gasteiger partial charge in [-0.2, -0.15) is 0 Å². The Labute approximate surface area is 145 Å². The molecule has 5 nitrogen and oxygen atoms in total. The number of halogens is 2. The highest BCUT2D eigenvalue weighted by Crippen LogP contribution is 2.21. The molecule has 22 heavy (non-hydrogen) atoms. The molecule has 2 atom stereocenters. The monoisotopic (exact) mass is 353 g/mol. The second kappa shape index (κ2) is 9.93. The maximum atomic E-state index is 12.4. The van der Waals surface area contributed by atoms with Crippen LogP contribution in [0.1, 0.15) is 32.1 Å². The van der Waals surface area contributed by atoms with E-state index < -0.39 is 0 Å². The number of likely N-dealkylation sites (tertiary alicyclic amines) is 2. The van der Waals surface area contributed by atoms with Gasteiger partial charge in [0, 0.05) is 32.2 Å². The molecule has 3 heterocycles. The fourth-order valence-electron chi connectivity index (χ4n) is 3.66. The first-order valence-electron chi connectivity index (χ1n) is 8.17. The zero-order chi connectivity index (χ0) is 13.8. The molecule has 0 saturated carbocycles. The second-order valence-corrected chi connectivity index (χ2v) is 6.28. The molecular weight excluding hydrogens is 325 g/mol. The molecule has 0 spiro atoms. The maximum Gasteiger partial charge on any atom is 0.225 e. The smallest absolute Gasteiger partial charge is 0.225 e. The standard InChI is InChI=1S/C15H27N3O2.2ClH/c19-15(10-14-11-16-5-9-20-14)18-8-3-4-13(12-18)17-6-1-2-7-17;;/h13-14,16H,1-12H2;2*1H. The molecule has 0 aliphatic carbocycles. The fourth-order valence-corrected chi connectivity index (χ4v) is 3.66. The Kier molecular flexibility index (Phi) is 9.02. The van der Waals surface area contributed by atoms with E-state index in [2.05, 4.69) is 15.1 Å². The normalized spacial score (nSPS) is 29.5. The first-order valence-corrected chi connectivity index (χ1v) is 8.17. The molecule has 0 bridgehead atoms. The Morgan fingerprint density at radius 3 is 2.59 bits per heavy atom. The average molecular weight is 354 g/mol. The zero-order valence-corrected chi connectivity index (χ0v) is 14.8. The molecule has 0 aromatic rings. The van der Waals surface area contributed by atoms with Gasteiger partial charge in [0.25, 0.3) is 0 Å². The molecule has 130 valence electrons. The van der Waals surface area contributed by atoms with Crippen molar-refractivity contribution in [2.24, 2.45) is 0 Å². The summed E-state index contributed by atoms with van der Waals surface area (Å²) in [4.78, 5) is 17.1. The van der Waals surface area contributed by atoms with Crippen LogP contribution in [0.15, 0.2) is 0 Å². The molecule has 2 unspecified atom stereocenters. The Morgan fingerprint density at radius 1 is 1.14 bits per heavy atom. The van der Waals surface area contributed by atoms with E-state index >= 15 is 0 Å². The summed E-state index contributed by atoms with van der Waals surface area (Å²) in [5.74, 6) is 0.280. The largest absolute Gasteiger partial charge is 0.375 e. The van der Waals surface area contributed by atoms with Gasteiger partial charge in [0.15, 0.2) is 0 Å². The molecule has 3 fully saturated rings. The van der Waals surface area contributed by atoms with Crippen LogP contribution in [0.25, 0.3) is 0 Å². The third kappa shape index (κ3) is 5.24. The second-order valence-electron chi connectivity index (χ2n) is 6.28. The number of nitrogens with one attached hydrogen (secondary N) is 1. The number of carbonyl (C=O) groups excluding carboxylic acids is 1. The number of hydrogen-bond acceptors (Lipinski definition) is 4. The molecular formula is C15H29Cl2N3O2. The van der Waals surface area contributed by atoms with Crippen LogP contribution < -0.4 is 5.32 Å². The van der Waals surface area contributed by atoms with Crippen molar-refractivity contribution in [1.82, 2.24) is 15.1 Å². The highest BCUT2D eigenvalue weighted by Gasteiger charge is 2.30. The van der Waals surface area contributed by atoms with Crippen molar-refractivity contribution in [3.8, 4) is 0 Å². The molecule has 7 heteroatoms. The number of nitrogens with zero attached hydrogens (tertiary/aromatic N) is 2. The number of amides is 1. The van der Waals surface area contributed by atoms with E-state index in [1.165, 1.54) is 32.4 Å². The lowest BCUT2D eigenvalue weighted by Gasteiger charge is -2.38. The van der Waals surface area contributed by atoms with Gasteiger partial charge < -0.3 is 15.0 Å². The summed E-state index contributed by atoms with van der Waals surface area (Å²) < 4.78 is 5.65. The third-order valence-corrected chi connectivity index (χ3v) is 4.81. The van der Waals surface area contributed by atoms with Gasteiger partial charge in [-0.1, -0.05) is 0 Å². The summed E-state index contributed by atoms with van der Waals surface area (Å²) in [6.45, 7) is 6.77. The third-order valence-electron chi connectivity index (χ3n) is 4.81. The molecule has 0 aromatic heterocycles. The lowest BCUT2D eigenvalue weighted by Crippen LogP contribution is -2.50. The van der Waals surface area contributed by atoms with Gasteiger partial charge >= 0.3 is 0 Å². The summed E-state index contributed by atoms with van der Waals surface area (Å²) in [6.07, 6.45) is 5.67. The summed E-state index contributed by atoms with van der Waals surface area (Å²) in [7, 11) is 0. The van der Waals surface area contributed by atoms with E-state index in [-0.39, 0.29) is 36.8 Å². The van der Waals surface area contributed by atoms with E-state index in [1.807, 2.05) is 0 Å². The molecule has 1 N–H and O–H groups in total. The first kappa shape index (κ1) is 20.0. The van der Waals surface area contributed by atoms with Crippen LogP contribution in [0.2, 0.25) is 0 Å². The van der Waals surface area contributed by atoms with Crippen molar-refractivity contribution in [3.05, 3.63) is 0 Å². The minimum atomic E-state index is 0. The van der Waals surface area contributed by atoms with Crippen LogP contribution >= 0.6 is 24.8 Å². The van der Waals surface area contributed by atoms with Gasteiger partial charge in [-0.25, -0.2) is 0 Å². The van der Waals surface area contributed by atoms with Gasteiger partial charge in [0.1, 0.15) is 0 Å². The molecule has 3 aliphatic heterocycles. The molecule has 1 amide bonds. The maximum absolute atomic E-state index is 12.4. The van der Waals surface area contributed by atoms with Crippen LogP contribution in [0, 0.1) is 0 Å².